The zero-order valence-corrected chi connectivity index (χ0v) is 10.5. The lowest BCUT2D eigenvalue weighted by Gasteiger charge is -2.13. The van der Waals surface area contributed by atoms with E-state index in [1.165, 1.54) is 18.2 Å². The van der Waals surface area contributed by atoms with Crippen LogP contribution in [0.25, 0.3) is 0 Å². The number of aliphatic hydroxyl groups is 1. The molecule has 0 amide bonds. The number of benzene rings is 1. The highest BCUT2D eigenvalue weighted by Gasteiger charge is 2.18. The molecule has 3 heteroatoms. The molecule has 94 valence electrons. The van der Waals surface area contributed by atoms with Crippen molar-refractivity contribution in [3.8, 4) is 0 Å². The van der Waals surface area contributed by atoms with E-state index in [4.69, 9.17) is 9.84 Å². The molecule has 3 nitrogen and oxygen atoms in total. The minimum atomic E-state index is -0.230. The van der Waals surface area contributed by atoms with Crippen LogP contribution in [0.5, 0.6) is 0 Å². The molecule has 1 N–H and O–H groups in total. The summed E-state index contributed by atoms with van der Waals surface area (Å²) in [4.78, 5) is 11.4. The molecule has 0 aliphatic heterocycles. The Kier molecular flexibility index (Phi) is 5.70. The van der Waals surface area contributed by atoms with Crippen LogP contribution >= 0.6 is 0 Å². The lowest BCUT2D eigenvalue weighted by Crippen LogP contribution is -2.18. The van der Waals surface area contributed by atoms with Gasteiger partial charge in [-0.1, -0.05) is 29.8 Å². The van der Waals surface area contributed by atoms with Crippen LogP contribution in [-0.4, -0.2) is 24.8 Å². The molecule has 0 aliphatic rings. The summed E-state index contributed by atoms with van der Waals surface area (Å²) in [5.74, 6) is -0.433. The first-order valence-corrected chi connectivity index (χ1v) is 5.91. The summed E-state index contributed by atoms with van der Waals surface area (Å²) < 4.78 is 4.72. The van der Waals surface area contributed by atoms with E-state index in [0.29, 0.717) is 6.42 Å². The van der Waals surface area contributed by atoms with Gasteiger partial charge < -0.3 is 9.84 Å². The van der Waals surface area contributed by atoms with Crippen LogP contribution in [0.2, 0.25) is 0 Å². The van der Waals surface area contributed by atoms with Crippen molar-refractivity contribution in [1.29, 1.82) is 0 Å². The van der Waals surface area contributed by atoms with Gasteiger partial charge in [0.15, 0.2) is 0 Å². The summed E-state index contributed by atoms with van der Waals surface area (Å²) in [5, 5.41) is 8.91. The highest BCUT2D eigenvalue weighted by molar-refractivity contribution is 5.72. The fourth-order valence-corrected chi connectivity index (χ4v) is 1.80. The van der Waals surface area contributed by atoms with Gasteiger partial charge in [0.1, 0.15) is 0 Å². The second-order valence-corrected chi connectivity index (χ2v) is 4.26. The first-order chi connectivity index (χ1) is 8.17. The summed E-state index contributed by atoms with van der Waals surface area (Å²) in [6.45, 7) is 2.07. The van der Waals surface area contributed by atoms with Gasteiger partial charge in [0.25, 0.3) is 0 Å². The lowest BCUT2D eigenvalue weighted by molar-refractivity contribution is -0.146. The quantitative estimate of drug-likeness (QED) is 0.769. The van der Waals surface area contributed by atoms with Crippen LogP contribution in [0, 0.1) is 12.8 Å². The lowest BCUT2D eigenvalue weighted by atomic mass is 9.96. The molecule has 0 spiro atoms. The first-order valence-electron chi connectivity index (χ1n) is 5.91. The van der Waals surface area contributed by atoms with Crippen LogP contribution in [0.3, 0.4) is 0 Å². The number of rotatable bonds is 6. The van der Waals surface area contributed by atoms with Crippen molar-refractivity contribution >= 4 is 5.97 Å². The molecule has 17 heavy (non-hydrogen) atoms. The average molecular weight is 236 g/mol. The minimum Gasteiger partial charge on any atom is -0.469 e. The number of ether oxygens (including phenoxy) is 1. The Morgan fingerprint density at radius 1 is 1.29 bits per heavy atom. The van der Waals surface area contributed by atoms with Gasteiger partial charge in [-0.2, -0.15) is 0 Å². The van der Waals surface area contributed by atoms with Gasteiger partial charge in [-0.25, -0.2) is 0 Å². The molecule has 0 saturated heterocycles. The van der Waals surface area contributed by atoms with Gasteiger partial charge in [-0.3, -0.25) is 4.79 Å². The molecule has 0 radical (unpaired) electrons. The number of aliphatic hydroxyl groups excluding tert-OH is 1. The van der Waals surface area contributed by atoms with E-state index in [0.717, 1.165) is 12.8 Å². The average Bonchev–Trinajstić information content (AvgIpc) is 2.35. The normalized spacial score (nSPS) is 12.2. The second-order valence-electron chi connectivity index (χ2n) is 4.26. The Hall–Kier alpha value is -1.35. The van der Waals surface area contributed by atoms with E-state index < -0.39 is 0 Å². The monoisotopic (exact) mass is 236 g/mol. The van der Waals surface area contributed by atoms with E-state index in [1.807, 2.05) is 6.92 Å². The molecule has 1 unspecified atom stereocenters. The van der Waals surface area contributed by atoms with Crippen LogP contribution in [0.4, 0.5) is 0 Å². The predicted molar refractivity (Wildman–Crippen MR) is 66.7 cm³/mol. The largest absolute Gasteiger partial charge is 0.469 e. The van der Waals surface area contributed by atoms with E-state index in [1.54, 1.807) is 0 Å². The molecule has 1 rings (SSSR count). The second kappa shape index (κ2) is 7.07. The van der Waals surface area contributed by atoms with Gasteiger partial charge in [0.2, 0.25) is 0 Å². The number of aryl methyl sites for hydroxylation is 2. The third-order valence-corrected chi connectivity index (χ3v) is 2.91. The van der Waals surface area contributed by atoms with Crippen LogP contribution in [-0.2, 0) is 16.0 Å². The Morgan fingerprint density at radius 3 is 2.47 bits per heavy atom. The molecule has 0 aliphatic carbocycles. The first kappa shape index (κ1) is 13.7. The van der Waals surface area contributed by atoms with Crippen molar-refractivity contribution < 1.29 is 14.6 Å². The molecule has 0 fully saturated rings. The number of hydrogen-bond acceptors (Lipinski definition) is 3. The van der Waals surface area contributed by atoms with Gasteiger partial charge in [-0.15, -0.1) is 0 Å². The van der Waals surface area contributed by atoms with Crippen molar-refractivity contribution in [2.24, 2.45) is 5.92 Å². The summed E-state index contributed by atoms with van der Waals surface area (Å²) in [5.41, 5.74) is 2.44. The van der Waals surface area contributed by atoms with E-state index in [2.05, 4.69) is 24.3 Å². The van der Waals surface area contributed by atoms with Crippen LogP contribution in [0.1, 0.15) is 24.0 Å². The van der Waals surface area contributed by atoms with Gasteiger partial charge in [-0.05, 0) is 31.7 Å². The van der Waals surface area contributed by atoms with Gasteiger partial charge in [0.05, 0.1) is 13.0 Å². The standard InChI is InChI=1S/C14H20O3/c1-11-3-5-12(6-4-11)7-8-13(9-10-15)14(16)17-2/h3-6,13,15H,7-10H2,1-2H3. The van der Waals surface area contributed by atoms with Crippen molar-refractivity contribution in [2.75, 3.05) is 13.7 Å². The zero-order chi connectivity index (χ0) is 12.7. The molecule has 0 bridgehead atoms. The predicted octanol–water partition coefficient (Wildman–Crippen LogP) is 2.10. The summed E-state index contributed by atoms with van der Waals surface area (Å²) in [6, 6.07) is 8.27. The summed E-state index contributed by atoms with van der Waals surface area (Å²) >= 11 is 0. The maximum atomic E-state index is 11.4. The van der Waals surface area contributed by atoms with E-state index in [9.17, 15) is 4.79 Å². The third kappa shape index (κ3) is 4.57. The Balaban J connectivity index is 2.51. The molecule has 1 aromatic rings. The van der Waals surface area contributed by atoms with Crippen LogP contribution < -0.4 is 0 Å². The molecular weight excluding hydrogens is 216 g/mol. The number of hydrogen-bond donors (Lipinski definition) is 1. The summed E-state index contributed by atoms with van der Waals surface area (Å²) in [7, 11) is 1.39. The van der Waals surface area contributed by atoms with E-state index >= 15 is 0 Å². The molecule has 0 heterocycles. The minimum absolute atomic E-state index is 0.0215. The summed E-state index contributed by atoms with van der Waals surface area (Å²) in [6.07, 6.45) is 2.02. The molecular formula is C14H20O3. The molecule has 1 atom stereocenters. The molecule has 0 saturated carbocycles. The smallest absolute Gasteiger partial charge is 0.308 e. The highest BCUT2D eigenvalue weighted by Crippen LogP contribution is 2.15. The third-order valence-electron chi connectivity index (χ3n) is 2.91. The van der Waals surface area contributed by atoms with E-state index in [-0.39, 0.29) is 18.5 Å². The maximum Gasteiger partial charge on any atom is 0.308 e. The van der Waals surface area contributed by atoms with Crippen molar-refractivity contribution in [3.05, 3.63) is 35.4 Å². The van der Waals surface area contributed by atoms with Gasteiger partial charge >= 0.3 is 5.97 Å². The Bertz CT molecular complexity index is 343. The fraction of sp³-hybridized carbons (Fsp3) is 0.500. The molecule has 1 aromatic carbocycles. The van der Waals surface area contributed by atoms with Crippen molar-refractivity contribution in [2.45, 2.75) is 26.2 Å². The highest BCUT2D eigenvalue weighted by atomic mass is 16.5. The Labute approximate surface area is 102 Å². The van der Waals surface area contributed by atoms with Crippen molar-refractivity contribution in [3.63, 3.8) is 0 Å². The van der Waals surface area contributed by atoms with Crippen molar-refractivity contribution in [1.82, 2.24) is 0 Å². The fourth-order valence-electron chi connectivity index (χ4n) is 1.80. The van der Waals surface area contributed by atoms with Gasteiger partial charge in [0, 0.05) is 6.61 Å². The van der Waals surface area contributed by atoms with Crippen LogP contribution in [0.15, 0.2) is 24.3 Å². The zero-order valence-electron chi connectivity index (χ0n) is 10.5. The number of carbonyl (C=O) groups is 1. The number of methoxy groups -OCH3 is 1. The maximum absolute atomic E-state index is 11.4. The SMILES string of the molecule is COC(=O)C(CCO)CCc1ccc(C)cc1. The topological polar surface area (TPSA) is 46.5 Å². The number of carbonyl (C=O) groups excluding carboxylic acids is 1. The Morgan fingerprint density at radius 2 is 1.94 bits per heavy atom. The molecule has 0 aromatic heterocycles. The number of esters is 1.